The van der Waals surface area contributed by atoms with Gasteiger partial charge in [-0.1, -0.05) is 12.0 Å². The Labute approximate surface area is 126 Å². The second-order valence-corrected chi connectivity index (χ2v) is 5.34. The monoisotopic (exact) mass is 297 g/mol. The number of nitrogens with one attached hydrogen (secondary N) is 2. The molecule has 120 valence electrons. The SMILES string of the molecule is CCCNC(C)c1nnc(N(CC)CC(=O)NC(C)C)o1. The predicted octanol–water partition coefficient (Wildman–Crippen LogP) is 1.48. The number of rotatable bonds is 9. The number of carbonyl (C=O) groups excluding carboxylic acids is 1. The van der Waals surface area contributed by atoms with Crippen LogP contribution in [-0.4, -0.2) is 41.8 Å². The Hall–Kier alpha value is -1.63. The number of amides is 1. The smallest absolute Gasteiger partial charge is 0.318 e. The summed E-state index contributed by atoms with van der Waals surface area (Å²) in [4.78, 5) is 13.6. The van der Waals surface area contributed by atoms with E-state index in [1.165, 1.54) is 0 Å². The first-order valence-electron chi connectivity index (χ1n) is 7.59. The van der Waals surface area contributed by atoms with Gasteiger partial charge in [-0.2, -0.15) is 0 Å². The number of nitrogens with zero attached hydrogens (tertiary/aromatic N) is 3. The third-order valence-electron chi connectivity index (χ3n) is 2.94. The molecule has 0 aromatic carbocycles. The van der Waals surface area contributed by atoms with Crippen LogP contribution in [0.4, 0.5) is 6.01 Å². The molecule has 1 amide bonds. The molecule has 0 fully saturated rings. The molecule has 0 bridgehead atoms. The van der Waals surface area contributed by atoms with E-state index in [4.69, 9.17) is 4.42 Å². The van der Waals surface area contributed by atoms with Gasteiger partial charge in [-0.25, -0.2) is 0 Å². The summed E-state index contributed by atoms with van der Waals surface area (Å²) in [5.74, 6) is 0.491. The summed E-state index contributed by atoms with van der Waals surface area (Å²) >= 11 is 0. The lowest BCUT2D eigenvalue weighted by atomic mass is 10.3. The standard InChI is InChI=1S/C14H27N5O2/c1-6-8-15-11(5)13-17-18-14(21-13)19(7-2)9-12(20)16-10(3)4/h10-11,15H,6-9H2,1-5H3,(H,16,20). The molecule has 1 unspecified atom stereocenters. The number of carbonyl (C=O) groups is 1. The maximum atomic E-state index is 11.8. The van der Waals surface area contributed by atoms with E-state index >= 15 is 0 Å². The van der Waals surface area contributed by atoms with Gasteiger partial charge in [-0.15, -0.1) is 5.10 Å². The molecule has 7 heteroatoms. The fourth-order valence-corrected chi connectivity index (χ4v) is 1.83. The zero-order chi connectivity index (χ0) is 15.8. The number of aromatic nitrogens is 2. The van der Waals surface area contributed by atoms with Gasteiger partial charge in [0.1, 0.15) is 6.54 Å². The van der Waals surface area contributed by atoms with Crippen molar-refractivity contribution >= 4 is 11.9 Å². The van der Waals surface area contributed by atoms with Gasteiger partial charge in [-0.05, 0) is 40.7 Å². The summed E-state index contributed by atoms with van der Waals surface area (Å²) < 4.78 is 5.66. The Bertz CT molecular complexity index is 433. The van der Waals surface area contributed by atoms with Crippen molar-refractivity contribution in [3.05, 3.63) is 5.89 Å². The summed E-state index contributed by atoms with van der Waals surface area (Å²) in [6, 6.07) is 0.513. The molecular formula is C14H27N5O2. The largest absolute Gasteiger partial charge is 0.406 e. The second kappa shape index (κ2) is 8.61. The van der Waals surface area contributed by atoms with Crippen molar-refractivity contribution in [1.29, 1.82) is 0 Å². The molecule has 0 aliphatic carbocycles. The van der Waals surface area contributed by atoms with Crippen LogP contribution in [0.25, 0.3) is 0 Å². The van der Waals surface area contributed by atoms with E-state index in [2.05, 4.69) is 27.8 Å². The average Bonchev–Trinajstić information content (AvgIpc) is 2.91. The molecular weight excluding hydrogens is 270 g/mol. The second-order valence-electron chi connectivity index (χ2n) is 5.34. The van der Waals surface area contributed by atoms with Gasteiger partial charge in [0.25, 0.3) is 0 Å². The van der Waals surface area contributed by atoms with Crippen LogP contribution >= 0.6 is 0 Å². The molecule has 0 aliphatic rings. The van der Waals surface area contributed by atoms with E-state index in [0.29, 0.717) is 18.5 Å². The minimum absolute atomic E-state index is 0.00870. The molecule has 0 spiro atoms. The average molecular weight is 297 g/mol. The van der Waals surface area contributed by atoms with Crippen LogP contribution in [0.3, 0.4) is 0 Å². The van der Waals surface area contributed by atoms with Gasteiger partial charge in [0.05, 0.1) is 6.04 Å². The Kier molecular flexibility index (Phi) is 7.14. The lowest BCUT2D eigenvalue weighted by Gasteiger charge is -2.18. The van der Waals surface area contributed by atoms with E-state index in [-0.39, 0.29) is 24.5 Å². The minimum atomic E-state index is -0.0521. The molecule has 2 N–H and O–H groups in total. The first kappa shape index (κ1) is 17.4. The quantitative estimate of drug-likeness (QED) is 0.718. The van der Waals surface area contributed by atoms with Gasteiger partial charge in [0.2, 0.25) is 11.8 Å². The van der Waals surface area contributed by atoms with Crippen LogP contribution < -0.4 is 15.5 Å². The highest BCUT2D eigenvalue weighted by Crippen LogP contribution is 2.16. The molecule has 0 radical (unpaired) electrons. The first-order chi connectivity index (χ1) is 9.97. The summed E-state index contributed by atoms with van der Waals surface area (Å²) in [7, 11) is 0. The van der Waals surface area contributed by atoms with Crippen molar-refractivity contribution in [3.63, 3.8) is 0 Å². The molecule has 21 heavy (non-hydrogen) atoms. The van der Waals surface area contributed by atoms with Crippen molar-refractivity contribution in [2.24, 2.45) is 0 Å². The lowest BCUT2D eigenvalue weighted by Crippen LogP contribution is -2.40. The van der Waals surface area contributed by atoms with Crippen molar-refractivity contribution in [1.82, 2.24) is 20.8 Å². The van der Waals surface area contributed by atoms with Crippen LogP contribution in [0, 0.1) is 0 Å². The van der Waals surface area contributed by atoms with Crippen molar-refractivity contribution in [2.75, 3.05) is 24.5 Å². The highest BCUT2D eigenvalue weighted by atomic mass is 16.4. The number of hydrogen-bond donors (Lipinski definition) is 2. The maximum Gasteiger partial charge on any atom is 0.318 e. The van der Waals surface area contributed by atoms with Crippen molar-refractivity contribution in [2.45, 2.75) is 53.1 Å². The van der Waals surface area contributed by atoms with Gasteiger partial charge < -0.3 is 20.0 Å². The van der Waals surface area contributed by atoms with E-state index in [1.54, 1.807) is 4.90 Å². The van der Waals surface area contributed by atoms with E-state index in [0.717, 1.165) is 13.0 Å². The van der Waals surface area contributed by atoms with Crippen LogP contribution in [0.2, 0.25) is 0 Å². The molecule has 1 heterocycles. The molecule has 1 atom stereocenters. The zero-order valence-electron chi connectivity index (χ0n) is 13.6. The normalized spacial score (nSPS) is 12.5. The fourth-order valence-electron chi connectivity index (χ4n) is 1.83. The molecule has 0 aliphatic heterocycles. The maximum absolute atomic E-state index is 11.8. The molecule has 0 saturated heterocycles. The molecule has 0 saturated carbocycles. The van der Waals surface area contributed by atoms with Crippen LogP contribution in [0.5, 0.6) is 0 Å². The summed E-state index contributed by atoms with van der Waals surface area (Å²) in [6.07, 6.45) is 1.04. The summed E-state index contributed by atoms with van der Waals surface area (Å²) in [5.41, 5.74) is 0. The van der Waals surface area contributed by atoms with Gasteiger partial charge >= 0.3 is 6.01 Å². The zero-order valence-corrected chi connectivity index (χ0v) is 13.6. The van der Waals surface area contributed by atoms with Crippen LogP contribution in [-0.2, 0) is 4.79 Å². The highest BCUT2D eigenvalue weighted by molar-refractivity contribution is 5.80. The molecule has 1 aromatic heterocycles. The van der Waals surface area contributed by atoms with Gasteiger partial charge in [0.15, 0.2) is 0 Å². The Morgan fingerprint density at radius 2 is 2.00 bits per heavy atom. The first-order valence-corrected chi connectivity index (χ1v) is 7.59. The summed E-state index contributed by atoms with van der Waals surface area (Å²) in [5, 5.41) is 14.2. The molecule has 7 nitrogen and oxygen atoms in total. The Morgan fingerprint density at radius 3 is 2.57 bits per heavy atom. The predicted molar refractivity (Wildman–Crippen MR) is 82.2 cm³/mol. The van der Waals surface area contributed by atoms with Crippen LogP contribution in [0.15, 0.2) is 4.42 Å². The lowest BCUT2D eigenvalue weighted by molar-refractivity contribution is -0.120. The van der Waals surface area contributed by atoms with Crippen LogP contribution in [0.1, 0.15) is 53.0 Å². The third-order valence-corrected chi connectivity index (χ3v) is 2.94. The highest BCUT2D eigenvalue weighted by Gasteiger charge is 2.19. The van der Waals surface area contributed by atoms with Crippen molar-refractivity contribution in [3.8, 4) is 0 Å². The Balaban J connectivity index is 2.65. The summed E-state index contributed by atoms with van der Waals surface area (Å²) in [6.45, 7) is 11.6. The van der Waals surface area contributed by atoms with Gasteiger partial charge in [0, 0.05) is 12.6 Å². The van der Waals surface area contributed by atoms with E-state index in [1.807, 2.05) is 27.7 Å². The van der Waals surface area contributed by atoms with E-state index < -0.39 is 0 Å². The fraction of sp³-hybridized carbons (Fsp3) is 0.786. The van der Waals surface area contributed by atoms with Crippen molar-refractivity contribution < 1.29 is 9.21 Å². The topological polar surface area (TPSA) is 83.3 Å². The van der Waals surface area contributed by atoms with Gasteiger partial charge in [-0.3, -0.25) is 4.79 Å². The molecule has 1 rings (SSSR count). The minimum Gasteiger partial charge on any atom is -0.406 e. The third kappa shape index (κ3) is 5.71. The number of anilines is 1. The molecule has 1 aromatic rings. The Morgan fingerprint density at radius 1 is 1.29 bits per heavy atom. The number of likely N-dealkylation sites (N-methyl/N-ethyl adjacent to an activating group) is 1. The number of hydrogen-bond acceptors (Lipinski definition) is 6. The van der Waals surface area contributed by atoms with E-state index in [9.17, 15) is 4.79 Å².